The van der Waals surface area contributed by atoms with Crippen molar-refractivity contribution in [3.63, 3.8) is 0 Å². The molecule has 0 saturated heterocycles. The zero-order valence-electron chi connectivity index (χ0n) is 12.7. The molecule has 0 bridgehead atoms. The monoisotopic (exact) mass is 441 g/mol. The van der Waals surface area contributed by atoms with Gasteiger partial charge in [-0.3, -0.25) is 0 Å². The predicted octanol–water partition coefficient (Wildman–Crippen LogP) is 6.83. The van der Waals surface area contributed by atoms with Crippen molar-refractivity contribution in [3.8, 4) is 22.4 Å². The van der Waals surface area contributed by atoms with Gasteiger partial charge in [0.15, 0.2) is 0 Å². The number of hydrogen-bond acceptors (Lipinski definition) is 1. The predicted molar refractivity (Wildman–Crippen MR) is 110 cm³/mol. The first-order valence-corrected chi connectivity index (χ1v) is 9.09. The molecule has 0 aliphatic rings. The van der Waals surface area contributed by atoms with Gasteiger partial charge in [0.2, 0.25) is 0 Å². The molecule has 3 aromatic carbocycles. The minimum atomic E-state index is 0.734. The molecular weight excluding hydrogens is 429 g/mol. The molecule has 0 aliphatic carbocycles. The van der Waals surface area contributed by atoms with Crippen LogP contribution in [0.2, 0.25) is 5.02 Å². The highest BCUT2D eigenvalue weighted by atomic mass is 127. The van der Waals surface area contributed by atoms with Crippen LogP contribution in [0.1, 0.15) is 0 Å². The van der Waals surface area contributed by atoms with E-state index in [0.29, 0.717) is 0 Å². The van der Waals surface area contributed by atoms with E-state index in [1.165, 1.54) is 16.5 Å². The molecule has 24 heavy (non-hydrogen) atoms. The van der Waals surface area contributed by atoms with Gasteiger partial charge >= 0.3 is 0 Å². The first-order valence-electron chi connectivity index (χ1n) is 7.63. The summed E-state index contributed by atoms with van der Waals surface area (Å²) in [4.78, 5) is 4.91. The second kappa shape index (κ2) is 6.54. The van der Waals surface area contributed by atoms with Crippen LogP contribution in [-0.4, -0.2) is 4.98 Å². The van der Waals surface area contributed by atoms with Gasteiger partial charge in [-0.1, -0.05) is 72.3 Å². The second-order valence-corrected chi connectivity index (χ2v) is 7.05. The molecule has 4 rings (SSSR count). The van der Waals surface area contributed by atoms with Crippen LogP contribution in [0.25, 0.3) is 33.3 Å². The van der Waals surface area contributed by atoms with Crippen LogP contribution in [0.3, 0.4) is 0 Å². The van der Waals surface area contributed by atoms with E-state index in [9.17, 15) is 0 Å². The number of hydrogen-bond donors (Lipinski definition) is 0. The van der Waals surface area contributed by atoms with Gasteiger partial charge in [-0.15, -0.1) is 0 Å². The maximum absolute atomic E-state index is 6.04. The van der Waals surface area contributed by atoms with E-state index >= 15 is 0 Å². The van der Waals surface area contributed by atoms with Crippen LogP contribution >= 0.6 is 34.2 Å². The average molecular weight is 442 g/mol. The molecule has 0 unspecified atom stereocenters. The van der Waals surface area contributed by atoms with E-state index in [0.717, 1.165) is 25.4 Å². The Hall–Kier alpha value is -1.91. The number of para-hydroxylation sites is 1. The molecule has 1 heterocycles. The van der Waals surface area contributed by atoms with E-state index in [1.807, 2.05) is 36.4 Å². The summed E-state index contributed by atoms with van der Waals surface area (Å²) in [5.41, 5.74) is 5.50. The molecule has 116 valence electrons. The van der Waals surface area contributed by atoms with Gasteiger partial charge in [-0.2, -0.15) is 0 Å². The smallest absolute Gasteiger partial charge is 0.0849 e. The van der Waals surface area contributed by atoms with Gasteiger partial charge in [0.25, 0.3) is 0 Å². The van der Waals surface area contributed by atoms with Crippen molar-refractivity contribution >= 4 is 45.1 Å². The average Bonchev–Trinajstić information content (AvgIpc) is 2.63. The molecule has 0 spiro atoms. The SMILES string of the molecule is Clc1ccc(-c2nc3ccccc3c(-c3ccccc3)c2I)cc1. The minimum absolute atomic E-state index is 0.734. The summed E-state index contributed by atoms with van der Waals surface area (Å²) in [5, 5.41) is 1.91. The fraction of sp³-hybridized carbons (Fsp3) is 0. The Labute approximate surface area is 159 Å². The lowest BCUT2D eigenvalue weighted by molar-refractivity contribution is 1.37. The highest BCUT2D eigenvalue weighted by molar-refractivity contribution is 14.1. The van der Waals surface area contributed by atoms with Gasteiger partial charge in [0.1, 0.15) is 0 Å². The van der Waals surface area contributed by atoms with Crippen molar-refractivity contribution in [1.82, 2.24) is 4.98 Å². The Morgan fingerprint density at radius 1 is 0.708 bits per heavy atom. The fourth-order valence-corrected chi connectivity index (χ4v) is 4.03. The second-order valence-electron chi connectivity index (χ2n) is 5.54. The summed E-state index contributed by atoms with van der Waals surface area (Å²) in [6.45, 7) is 0. The molecule has 0 fully saturated rings. The molecule has 0 amide bonds. The first kappa shape index (κ1) is 15.6. The molecule has 0 atom stereocenters. The van der Waals surface area contributed by atoms with Crippen LogP contribution in [0.15, 0.2) is 78.9 Å². The summed E-state index contributed by atoms with van der Waals surface area (Å²) in [5.74, 6) is 0. The van der Waals surface area contributed by atoms with E-state index in [1.54, 1.807) is 0 Å². The van der Waals surface area contributed by atoms with Crippen LogP contribution in [0.5, 0.6) is 0 Å². The lowest BCUT2D eigenvalue weighted by Crippen LogP contribution is -1.95. The standard InChI is InChI=1S/C21H13ClIN/c22-16-12-10-15(11-13-16)21-20(23)19(14-6-2-1-3-7-14)17-8-4-5-9-18(17)24-21/h1-13H. The van der Waals surface area contributed by atoms with E-state index in [-0.39, 0.29) is 0 Å². The third kappa shape index (κ3) is 2.80. The zero-order chi connectivity index (χ0) is 16.5. The highest BCUT2D eigenvalue weighted by Crippen LogP contribution is 2.37. The Bertz CT molecular complexity index is 1010. The number of halogens is 2. The molecule has 0 aliphatic heterocycles. The quantitative estimate of drug-likeness (QED) is 0.311. The number of nitrogens with zero attached hydrogens (tertiary/aromatic N) is 1. The summed E-state index contributed by atoms with van der Waals surface area (Å²) in [6, 6.07) is 26.6. The lowest BCUT2D eigenvalue weighted by Gasteiger charge is -2.14. The Kier molecular flexibility index (Phi) is 4.25. The number of rotatable bonds is 2. The van der Waals surface area contributed by atoms with Crippen molar-refractivity contribution < 1.29 is 0 Å². The molecule has 0 radical (unpaired) electrons. The zero-order valence-corrected chi connectivity index (χ0v) is 15.6. The maximum atomic E-state index is 6.04. The minimum Gasteiger partial charge on any atom is -0.247 e. The summed E-state index contributed by atoms with van der Waals surface area (Å²) in [7, 11) is 0. The lowest BCUT2D eigenvalue weighted by atomic mass is 9.98. The first-order chi connectivity index (χ1) is 11.7. The van der Waals surface area contributed by atoms with E-state index in [4.69, 9.17) is 16.6 Å². The van der Waals surface area contributed by atoms with Crippen LogP contribution < -0.4 is 0 Å². The van der Waals surface area contributed by atoms with Crippen LogP contribution in [0, 0.1) is 3.57 Å². The summed E-state index contributed by atoms with van der Waals surface area (Å²) >= 11 is 8.45. The molecule has 3 heteroatoms. The topological polar surface area (TPSA) is 12.9 Å². The largest absolute Gasteiger partial charge is 0.247 e. The van der Waals surface area contributed by atoms with Gasteiger partial charge < -0.3 is 0 Å². The summed E-state index contributed by atoms with van der Waals surface area (Å²) < 4.78 is 1.15. The van der Waals surface area contributed by atoms with Crippen molar-refractivity contribution in [1.29, 1.82) is 0 Å². The normalized spacial score (nSPS) is 10.9. The molecule has 1 aromatic heterocycles. The van der Waals surface area contributed by atoms with E-state index in [2.05, 4.69) is 65.1 Å². The van der Waals surface area contributed by atoms with Gasteiger partial charge in [-0.25, -0.2) is 4.98 Å². The number of benzene rings is 3. The number of pyridine rings is 1. The molecule has 0 N–H and O–H groups in total. The third-order valence-corrected chi connectivity index (χ3v) is 5.32. The Balaban J connectivity index is 2.06. The number of fused-ring (bicyclic) bond motifs is 1. The number of aromatic nitrogens is 1. The Morgan fingerprint density at radius 2 is 1.38 bits per heavy atom. The molecule has 0 saturated carbocycles. The third-order valence-electron chi connectivity index (χ3n) is 4.01. The fourth-order valence-electron chi connectivity index (χ4n) is 2.87. The van der Waals surface area contributed by atoms with Crippen LogP contribution in [0.4, 0.5) is 0 Å². The van der Waals surface area contributed by atoms with Gasteiger partial charge in [0.05, 0.1) is 11.2 Å². The molecular formula is C21H13ClIN. The summed E-state index contributed by atoms with van der Waals surface area (Å²) in [6.07, 6.45) is 0. The van der Waals surface area contributed by atoms with Crippen molar-refractivity contribution in [3.05, 3.63) is 87.5 Å². The Morgan fingerprint density at radius 3 is 2.12 bits per heavy atom. The highest BCUT2D eigenvalue weighted by Gasteiger charge is 2.15. The van der Waals surface area contributed by atoms with Crippen molar-refractivity contribution in [2.75, 3.05) is 0 Å². The van der Waals surface area contributed by atoms with Gasteiger partial charge in [0, 0.05) is 25.1 Å². The van der Waals surface area contributed by atoms with Crippen molar-refractivity contribution in [2.45, 2.75) is 0 Å². The maximum Gasteiger partial charge on any atom is 0.0849 e. The van der Waals surface area contributed by atoms with E-state index < -0.39 is 0 Å². The van der Waals surface area contributed by atoms with Gasteiger partial charge in [-0.05, 0) is 46.4 Å². The van der Waals surface area contributed by atoms with Crippen LogP contribution in [-0.2, 0) is 0 Å². The molecule has 4 aromatic rings. The van der Waals surface area contributed by atoms with Crippen molar-refractivity contribution in [2.24, 2.45) is 0 Å². The molecule has 1 nitrogen and oxygen atoms in total.